The zero-order valence-electron chi connectivity index (χ0n) is 11.5. The van der Waals surface area contributed by atoms with Crippen LogP contribution in [-0.2, 0) is 4.74 Å². The molecule has 0 saturated heterocycles. The lowest BCUT2D eigenvalue weighted by atomic mass is 9.81. The van der Waals surface area contributed by atoms with Crippen molar-refractivity contribution in [1.29, 1.82) is 0 Å². The van der Waals surface area contributed by atoms with Gasteiger partial charge in [-0.2, -0.15) is 0 Å². The predicted molar refractivity (Wildman–Crippen MR) is 83.4 cm³/mol. The molecule has 20 heavy (non-hydrogen) atoms. The van der Waals surface area contributed by atoms with E-state index in [9.17, 15) is 4.39 Å². The quantitative estimate of drug-likeness (QED) is 0.776. The van der Waals surface area contributed by atoms with Crippen LogP contribution in [0.5, 0.6) is 0 Å². The fraction of sp³-hybridized carbons (Fsp3) is 0.600. The Balaban J connectivity index is 2.23. The van der Waals surface area contributed by atoms with Crippen LogP contribution in [0.4, 0.5) is 4.39 Å². The third kappa shape index (κ3) is 3.35. The minimum Gasteiger partial charge on any atom is -0.379 e. The van der Waals surface area contributed by atoms with Crippen molar-refractivity contribution in [1.82, 2.24) is 0 Å². The molecule has 0 amide bonds. The number of hydrogen-bond donors (Lipinski definition) is 1. The third-order valence-corrected chi connectivity index (χ3v) is 5.42. The van der Waals surface area contributed by atoms with Gasteiger partial charge in [-0.05, 0) is 40.8 Å². The van der Waals surface area contributed by atoms with Gasteiger partial charge in [-0.15, -0.1) is 0 Å². The van der Waals surface area contributed by atoms with Crippen molar-refractivity contribution in [2.45, 2.75) is 44.2 Å². The van der Waals surface area contributed by atoms with Crippen molar-refractivity contribution in [2.75, 3.05) is 7.11 Å². The monoisotopic (exact) mass is 363 g/mol. The van der Waals surface area contributed by atoms with Crippen LogP contribution in [0.1, 0.15) is 43.7 Å². The molecule has 1 fully saturated rings. The number of rotatable bonds is 4. The van der Waals surface area contributed by atoms with Crippen LogP contribution in [-0.4, -0.2) is 13.2 Å². The van der Waals surface area contributed by atoms with Gasteiger partial charge < -0.3 is 10.5 Å². The Labute approximate surface area is 132 Å². The molecular formula is C15H20BrClFNO. The molecule has 0 spiro atoms. The van der Waals surface area contributed by atoms with E-state index in [1.807, 2.05) is 0 Å². The Morgan fingerprint density at radius 3 is 2.60 bits per heavy atom. The summed E-state index contributed by atoms with van der Waals surface area (Å²) in [6.45, 7) is 0. The SMILES string of the molecule is COC(C1CCCCC1)C(N)c1ccc(Br)c(Cl)c1F. The summed E-state index contributed by atoms with van der Waals surface area (Å²) >= 11 is 9.16. The number of ether oxygens (including phenoxy) is 1. The molecule has 2 rings (SSSR count). The molecule has 0 bridgehead atoms. The maximum absolute atomic E-state index is 14.3. The summed E-state index contributed by atoms with van der Waals surface area (Å²) in [6, 6.07) is 2.92. The van der Waals surface area contributed by atoms with Gasteiger partial charge in [0.25, 0.3) is 0 Å². The van der Waals surface area contributed by atoms with Crippen LogP contribution < -0.4 is 5.73 Å². The average molecular weight is 365 g/mol. The first-order chi connectivity index (χ1) is 9.56. The van der Waals surface area contributed by atoms with E-state index in [0.29, 0.717) is 16.0 Å². The molecular weight excluding hydrogens is 345 g/mol. The van der Waals surface area contributed by atoms with E-state index < -0.39 is 11.9 Å². The molecule has 1 saturated carbocycles. The Morgan fingerprint density at radius 1 is 1.35 bits per heavy atom. The van der Waals surface area contributed by atoms with E-state index in [2.05, 4.69) is 15.9 Å². The summed E-state index contributed by atoms with van der Waals surface area (Å²) in [5.74, 6) is -0.0584. The van der Waals surface area contributed by atoms with E-state index >= 15 is 0 Å². The van der Waals surface area contributed by atoms with Gasteiger partial charge in [-0.25, -0.2) is 4.39 Å². The molecule has 0 aliphatic heterocycles. The Kier molecular flexibility index (Phi) is 5.84. The Morgan fingerprint density at radius 2 is 2.00 bits per heavy atom. The van der Waals surface area contributed by atoms with Crippen LogP contribution in [0.2, 0.25) is 5.02 Å². The van der Waals surface area contributed by atoms with Crippen molar-refractivity contribution in [3.8, 4) is 0 Å². The summed E-state index contributed by atoms with van der Waals surface area (Å²) in [4.78, 5) is 0. The van der Waals surface area contributed by atoms with Crippen molar-refractivity contribution >= 4 is 27.5 Å². The molecule has 1 aromatic carbocycles. The zero-order valence-corrected chi connectivity index (χ0v) is 13.9. The number of benzene rings is 1. The molecule has 2 unspecified atom stereocenters. The second-order valence-electron chi connectivity index (χ2n) is 5.39. The number of hydrogen-bond acceptors (Lipinski definition) is 2. The molecule has 1 aromatic rings. The highest BCUT2D eigenvalue weighted by molar-refractivity contribution is 9.10. The fourth-order valence-electron chi connectivity index (χ4n) is 3.07. The van der Waals surface area contributed by atoms with Crippen molar-refractivity contribution in [2.24, 2.45) is 11.7 Å². The van der Waals surface area contributed by atoms with Gasteiger partial charge in [-0.1, -0.05) is 36.9 Å². The molecule has 0 radical (unpaired) electrons. The molecule has 2 atom stereocenters. The van der Waals surface area contributed by atoms with Gasteiger partial charge in [0.2, 0.25) is 0 Å². The van der Waals surface area contributed by atoms with Crippen molar-refractivity contribution < 1.29 is 9.13 Å². The van der Waals surface area contributed by atoms with Gasteiger partial charge in [0.05, 0.1) is 17.2 Å². The lowest BCUT2D eigenvalue weighted by Crippen LogP contribution is -2.36. The molecule has 2 N–H and O–H groups in total. The molecule has 1 aliphatic rings. The van der Waals surface area contributed by atoms with Crippen LogP contribution >= 0.6 is 27.5 Å². The van der Waals surface area contributed by atoms with Gasteiger partial charge >= 0.3 is 0 Å². The van der Waals surface area contributed by atoms with E-state index in [0.717, 1.165) is 12.8 Å². The lowest BCUT2D eigenvalue weighted by molar-refractivity contribution is 0.0165. The molecule has 1 aliphatic carbocycles. The highest BCUT2D eigenvalue weighted by Gasteiger charge is 2.31. The molecule has 0 heterocycles. The summed E-state index contributed by atoms with van der Waals surface area (Å²) in [6.07, 6.45) is 5.68. The van der Waals surface area contributed by atoms with Crippen molar-refractivity contribution in [3.63, 3.8) is 0 Å². The highest BCUT2D eigenvalue weighted by atomic mass is 79.9. The first kappa shape index (κ1) is 16.2. The Bertz CT molecular complexity index is 465. The van der Waals surface area contributed by atoms with Gasteiger partial charge in [0.1, 0.15) is 5.82 Å². The number of nitrogens with two attached hydrogens (primary N) is 1. The summed E-state index contributed by atoms with van der Waals surface area (Å²) in [7, 11) is 1.65. The minimum atomic E-state index is -0.492. The first-order valence-corrected chi connectivity index (χ1v) is 8.15. The van der Waals surface area contributed by atoms with E-state index in [1.54, 1.807) is 19.2 Å². The lowest BCUT2D eigenvalue weighted by Gasteiger charge is -2.33. The minimum absolute atomic E-state index is 0.0800. The van der Waals surface area contributed by atoms with Crippen LogP contribution in [0.3, 0.4) is 0 Å². The molecule has 0 aromatic heterocycles. The van der Waals surface area contributed by atoms with Crippen LogP contribution in [0.25, 0.3) is 0 Å². The van der Waals surface area contributed by atoms with E-state index in [1.165, 1.54) is 19.3 Å². The maximum Gasteiger partial charge on any atom is 0.147 e. The Hall–Kier alpha value is -0.160. The van der Waals surface area contributed by atoms with Crippen molar-refractivity contribution in [3.05, 3.63) is 33.0 Å². The second kappa shape index (κ2) is 7.21. The van der Waals surface area contributed by atoms with Crippen LogP contribution in [0.15, 0.2) is 16.6 Å². The predicted octanol–water partition coefficient (Wildman–Crippen LogP) is 4.84. The normalized spacial score (nSPS) is 19.9. The van der Waals surface area contributed by atoms with Gasteiger partial charge in [0, 0.05) is 17.1 Å². The summed E-state index contributed by atoms with van der Waals surface area (Å²) in [5.41, 5.74) is 6.69. The smallest absolute Gasteiger partial charge is 0.147 e. The highest BCUT2D eigenvalue weighted by Crippen LogP contribution is 2.36. The molecule has 2 nitrogen and oxygen atoms in total. The summed E-state index contributed by atoms with van der Waals surface area (Å²) in [5, 5.41) is 0.0800. The average Bonchev–Trinajstić information content (AvgIpc) is 2.47. The molecule has 5 heteroatoms. The number of halogens is 3. The largest absolute Gasteiger partial charge is 0.379 e. The number of methoxy groups -OCH3 is 1. The zero-order chi connectivity index (χ0) is 14.7. The van der Waals surface area contributed by atoms with Gasteiger partial charge in [-0.3, -0.25) is 0 Å². The fourth-order valence-corrected chi connectivity index (χ4v) is 3.55. The van der Waals surface area contributed by atoms with E-state index in [4.69, 9.17) is 22.1 Å². The topological polar surface area (TPSA) is 35.2 Å². The third-order valence-electron chi connectivity index (χ3n) is 4.16. The molecule has 112 valence electrons. The van der Waals surface area contributed by atoms with Gasteiger partial charge in [0.15, 0.2) is 0 Å². The summed E-state index contributed by atoms with van der Waals surface area (Å²) < 4.78 is 20.4. The first-order valence-electron chi connectivity index (χ1n) is 6.98. The van der Waals surface area contributed by atoms with E-state index in [-0.39, 0.29) is 11.1 Å². The van der Waals surface area contributed by atoms with Crippen LogP contribution in [0, 0.1) is 11.7 Å². The maximum atomic E-state index is 14.3. The second-order valence-corrected chi connectivity index (χ2v) is 6.62. The standard InChI is InChI=1S/C15H20BrClFNO/c1-20-15(9-5-3-2-4-6-9)14(19)10-7-8-11(16)12(17)13(10)18/h7-9,14-15H,2-6,19H2,1H3.